The van der Waals surface area contributed by atoms with E-state index in [1.165, 1.54) is 5.56 Å². The van der Waals surface area contributed by atoms with Gasteiger partial charge in [-0.05, 0) is 24.1 Å². The molecule has 0 radical (unpaired) electrons. The Morgan fingerprint density at radius 2 is 2.14 bits per heavy atom. The molecule has 5 nitrogen and oxygen atoms in total. The van der Waals surface area contributed by atoms with Gasteiger partial charge in [-0.25, -0.2) is 0 Å². The summed E-state index contributed by atoms with van der Waals surface area (Å²) in [5, 5.41) is 11.4. The van der Waals surface area contributed by atoms with Crippen molar-refractivity contribution in [1.29, 1.82) is 0 Å². The summed E-state index contributed by atoms with van der Waals surface area (Å²) in [7, 11) is 0. The quantitative estimate of drug-likeness (QED) is 0.752. The van der Waals surface area contributed by atoms with E-state index in [2.05, 4.69) is 6.92 Å². The molecular formula is C17H16NO4-. The van der Waals surface area contributed by atoms with Crippen LogP contribution in [0.1, 0.15) is 12.5 Å². The predicted octanol–water partition coefficient (Wildman–Crippen LogP) is 0.285. The Kier molecular flexibility index (Phi) is 2.72. The molecule has 2 fully saturated rings. The van der Waals surface area contributed by atoms with Crippen molar-refractivity contribution in [3.8, 4) is 0 Å². The SMILES string of the molecule is CCc1ccc(N2C[C@@]34C=C[C@H](O3)[C@H](C(=O)[O-])[C@@H]4C2=O)cc1. The fourth-order valence-electron chi connectivity index (χ4n) is 3.90. The Balaban J connectivity index is 1.70. The Bertz CT molecular complexity index is 680. The minimum atomic E-state index is -1.21. The van der Waals surface area contributed by atoms with Gasteiger partial charge in [-0.2, -0.15) is 0 Å². The molecule has 114 valence electrons. The summed E-state index contributed by atoms with van der Waals surface area (Å²) in [6, 6.07) is 7.77. The maximum Gasteiger partial charge on any atom is 0.234 e. The fourth-order valence-corrected chi connectivity index (χ4v) is 3.90. The van der Waals surface area contributed by atoms with Gasteiger partial charge in [0.1, 0.15) is 5.60 Å². The second-order valence-corrected chi connectivity index (χ2v) is 6.16. The molecule has 1 aromatic rings. The molecule has 0 unspecified atom stereocenters. The number of carbonyl (C=O) groups excluding carboxylic acids is 2. The lowest BCUT2D eigenvalue weighted by Gasteiger charge is -2.24. The average molecular weight is 298 g/mol. The molecule has 0 aromatic heterocycles. The summed E-state index contributed by atoms with van der Waals surface area (Å²) >= 11 is 0. The highest BCUT2D eigenvalue weighted by Crippen LogP contribution is 2.52. The molecule has 0 saturated carbocycles. The Hall–Kier alpha value is -2.14. The maximum absolute atomic E-state index is 12.8. The third-order valence-corrected chi connectivity index (χ3v) is 5.03. The highest BCUT2D eigenvalue weighted by atomic mass is 16.5. The van der Waals surface area contributed by atoms with Crippen molar-refractivity contribution in [2.75, 3.05) is 11.4 Å². The first-order valence-corrected chi connectivity index (χ1v) is 7.54. The van der Waals surface area contributed by atoms with Crippen LogP contribution in [-0.4, -0.2) is 30.1 Å². The van der Waals surface area contributed by atoms with Gasteiger partial charge in [0.25, 0.3) is 0 Å². The van der Waals surface area contributed by atoms with Crippen LogP contribution in [0.2, 0.25) is 0 Å². The van der Waals surface area contributed by atoms with Gasteiger partial charge in [0.05, 0.1) is 18.6 Å². The van der Waals surface area contributed by atoms with Gasteiger partial charge in [-0.15, -0.1) is 0 Å². The molecule has 3 aliphatic heterocycles. The van der Waals surface area contributed by atoms with Gasteiger partial charge in [0, 0.05) is 17.6 Å². The molecule has 3 aliphatic rings. The highest BCUT2D eigenvalue weighted by molar-refractivity contribution is 6.02. The minimum absolute atomic E-state index is 0.190. The molecule has 5 heteroatoms. The fraction of sp³-hybridized carbons (Fsp3) is 0.412. The summed E-state index contributed by atoms with van der Waals surface area (Å²) in [6.45, 7) is 2.43. The summed E-state index contributed by atoms with van der Waals surface area (Å²) in [4.78, 5) is 25.8. The number of nitrogens with zero attached hydrogens (tertiary/aromatic N) is 1. The van der Waals surface area contributed by atoms with Gasteiger partial charge in [0.15, 0.2) is 0 Å². The number of carbonyl (C=O) groups is 2. The zero-order valence-electron chi connectivity index (χ0n) is 12.2. The second kappa shape index (κ2) is 4.43. The van der Waals surface area contributed by atoms with E-state index < -0.39 is 29.5 Å². The predicted molar refractivity (Wildman–Crippen MR) is 76.9 cm³/mol. The van der Waals surface area contributed by atoms with Crippen LogP contribution in [0.25, 0.3) is 0 Å². The molecule has 2 saturated heterocycles. The number of anilines is 1. The van der Waals surface area contributed by atoms with Crippen LogP contribution in [0.3, 0.4) is 0 Å². The van der Waals surface area contributed by atoms with Crippen LogP contribution < -0.4 is 10.0 Å². The van der Waals surface area contributed by atoms with E-state index in [1.807, 2.05) is 30.3 Å². The zero-order chi connectivity index (χ0) is 15.5. The monoisotopic (exact) mass is 298 g/mol. The lowest BCUT2D eigenvalue weighted by molar-refractivity contribution is -0.313. The molecule has 2 bridgehead atoms. The van der Waals surface area contributed by atoms with Crippen LogP contribution in [0.5, 0.6) is 0 Å². The number of ether oxygens (including phenoxy) is 1. The average Bonchev–Trinajstić information content (AvgIpc) is 3.15. The van der Waals surface area contributed by atoms with Gasteiger partial charge in [-0.3, -0.25) is 4.79 Å². The molecular weight excluding hydrogens is 282 g/mol. The molecule has 3 heterocycles. The molecule has 0 aliphatic carbocycles. The van der Waals surface area contributed by atoms with Crippen molar-refractivity contribution >= 4 is 17.6 Å². The number of hydrogen-bond acceptors (Lipinski definition) is 4. The van der Waals surface area contributed by atoms with Gasteiger partial charge < -0.3 is 19.5 Å². The van der Waals surface area contributed by atoms with E-state index in [1.54, 1.807) is 11.0 Å². The van der Waals surface area contributed by atoms with Crippen molar-refractivity contribution in [3.63, 3.8) is 0 Å². The number of amides is 1. The maximum atomic E-state index is 12.8. The van der Waals surface area contributed by atoms with Gasteiger partial charge >= 0.3 is 0 Å². The van der Waals surface area contributed by atoms with Crippen molar-refractivity contribution in [2.24, 2.45) is 11.8 Å². The third kappa shape index (κ3) is 1.63. The van der Waals surface area contributed by atoms with Crippen molar-refractivity contribution < 1.29 is 19.4 Å². The summed E-state index contributed by atoms with van der Waals surface area (Å²) < 4.78 is 5.83. The van der Waals surface area contributed by atoms with Crippen LogP contribution in [-0.2, 0) is 20.7 Å². The van der Waals surface area contributed by atoms with E-state index in [4.69, 9.17) is 4.74 Å². The zero-order valence-corrected chi connectivity index (χ0v) is 12.2. The van der Waals surface area contributed by atoms with E-state index in [9.17, 15) is 14.7 Å². The second-order valence-electron chi connectivity index (χ2n) is 6.16. The topological polar surface area (TPSA) is 69.7 Å². The summed E-state index contributed by atoms with van der Waals surface area (Å²) in [5.74, 6) is -2.97. The van der Waals surface area contributed by atoms with E-state index >= 15 is 0 Å². The van der Waals surface area contributed by atoms with Crippen molar-refractivity contribution in [3.05, 3.63) is 42.0 Å². The summed E-state index contributed by atoms with van der Waals surface area (Å²) in [6.07, 6.45) is 3.98. The van der Waals surface area contributed by atoms with E-state index in [0.29, 0.717) is 6.54 Å². The number of benzene rings is 1. The first-order chi connectivity index (χ1) is 10.6. The molecule has 4 atom stereocenters. The number of aryl methyl sites for hydroxylation is 1. The van der Waals surface area contributed by atoms with Gasteiger partial charge in [-0.1, -0.05) is 31.2 Å². The van der Waals surface area contributed by atoms with Crippen molar-refractivity contribution in [2.45, 2.75) is 25.0 Å². The normalized spacial score (nSPS) is 35.2. The minimum Gasteiger partial charge on any atom is -0.550 e. The van der Waals surface area contributed by atoms with Crippen molar-refractivity contribution in [1.82, 2.24) is 0 Å². The largest absolute Gasteiger partial charge is 0.550 e. The number of hydrogen-bond donors (Lipinski definition) is 0. The molecule has 4 rings (SSSR count). The van der Waals surface area contributed by atoms with Crippen LogP contribution in [0, 0.1) is 11.8 Å². The molecule has 1 amide bonds. The van der Waals surface area contributed by atoms with Crippen LogP contribution >= 0.6 is 0 Å². The number of aliphatic carboxylic acids is 1. The smallest absolute Gasteiger partial charge is 0.234 e. The molecule has 0 N–H and O–H groups in total. The standard InChI is InChI=1S/C17H17NO4/c1-2-10-3-5-11(6-4-10)18-9-17-8-7-12(22-17)13(16(20)21)14(17)15(18)19/h3-8,12-14H,2,9H2,1H3,(H,20,21)/p-1/t12-,13-,14+,17+/m0/s1. The lowest BCUT2D eigenvalue weighted by atomic mass is 9.77. The van der Waals surface area contributed by atoms with Crippen LogP contribution in [0.15, 0.2) is 36.4 Å². The number of carboxylic acids is 1. The Morgan fingerprint density at radius 1 is 1.41 bits per heavy atom. The van der Waals surface area contributed by atoms with Crippen LogP contribution in [0.4, 0.5) is 5.69 Å². The van der Waals surface area contributed by atoms with E-state index in [0.717, 1.165) is 12.1 Å². The first kappa shape index (κ1) is 13.5. The molecule has 1 spiro atoms. The third-order valence-electron chi connectivity index (χ3n) is 5.03. The summed E-state index contributed by atoms with van der Waals surface area (Å²) in [5.41, 5.74) is 1.16. The number of carboxylic acid groups (broad SMARTS) is 1. The van der Waals surface area contributed by atoms with E-state index in [-0.39, 0.29) is 5.91 Å². The first-order valence-electron chi connectivity index (χ1n) is 7.54. The molecule has 22 heavy (non-hydrogen) atoms. The molecule has 1 aromatic carbocycles. The number of rotatable bonds is 3. The Labute approximate surface area is 128 Å². The van der Waals surface area contributed by atoms with Gasteiger partial charge in [0.2, 0.25) is 5.91 Å². The number of fused-ring (bicyclic) bond motifs is 1. The Morgan fingerprint density at radius 3 is 2.77 bits per heavy atom. The lowest BCUT2D eigenvalue weighted by Crippen LogP contribution is -2.45. The highest BCUT2D eigenvalue weighted by Gasteiger charge is 2.65.